The van der Waals surface area contributed by atoms with E-state index in [1.807, 2.05) is 65.2 Å². The zero-order valence-corrected chi connectivity index (χ0v) is 10.7. The number of rotatable bonds is 2. The number of fused-ring (bicyclic) bond motifs is 3. The first-order valence-corrected chi connectivity index (χ1v) is 6.46. The SMILES string of the molecule is c1ccc(Nc2nc3ccccc3n3ccnc23)cc1. The van der Waals surface area contributed by atoms with Crippen molar-refractivity contribution in [2.45, 2.75) is 0 Å². The lowest BCUT2D eigenvalue weighted by molar-refractivity contribution is 1.21. The fraction of sp³-hybridized carbons (Fsp3) is 0. The normalized spacial score (nSPS) is 11.0. The molecule has 4 nitrogen and oxygen atoms in total. The zero-order chi connectivity index (χ0) is 13.4. The Morgan fingerprint density at radius 3 is 2.60 bits per heavy atom. The Hall–Kier alpha value is -2.88. The molecule has 1 N–H and O–H groups in total. The number of aromatic nitrogens is 3. The summed E-state index contributed by atoms with van der Waals surface area (Å²) in [5.74, 6) is 0.764. The summed E-state index contributed by atoms with van der Waals surface area (Å²) in [6.45, 7) is 0. The molecule has 96 valence electrons. The molecule has 0 aliphatic carbocycles. The van der Waals surface area contributed by atoms with E-state index in [0.717, 1.165) is 28.2 Å². The summed E-state index contributed by atoms with van der Waals surface area (Å²) in [7, 11) is 0. The monoisotopic (exact) mass is 260 g/mol. The second kappa shape index (κ2) is 4.35. The van der Waals surface area contributed by atoms with Gasteiger partial charge in [0.1, 0.15) is 0 Å². The average Bonchev–Trinajstić information content (AvgIpc) is 2.98. The van der Waals surface area contributed by atoms with E-state index in [2.05, 4.69) is 15.3 Å². The molecule has 0 spiro atoms. The van der Waals surface area contributed by atoms with E-state index in [9.17, 15) is 0 Å². The summed E-state index contributed by atoms with van der Waals surface area (Å²) in [6.07, 6.45) is 3.75. The molecule has 0 amide bonds. The molecule has 2 aromatic heterocycles. The number of nitrogens with zero attached hydrogens (tertiary/aromatic N) is 3. The lowest BCUT2D eigenvalue weighted by Crippen LogP contribution is -1.99. The summed E-state index contributed by atoms with van der Waals surface area (Å²) in [5.41, 5.74) is 3.82. The number of hydrogen-bond acceptors (Lipinski definition) is 3. The Kier molecular flexibility index (Phi) is 2.39. The highest BCUT2D eigenvalue weighted by molar-refractivity contribution is 5.84. The van der Waals surface area contributed by atoms with Gasteiger partial charge in [0.05, 0.1) is 11.0 Å². The quantitative estimate of drug-likeness (QED) is 0.598. The predicted octanol–water partition coefficient (Wildman–Crippen LogP) is 3.63. The largest absolute Gasteiger partial charge is 0.337 e. The van der Waals surface area contributed by atoms with Crippen LogP contribution in [0.4, 0.5) is 11.5 Å². The molecule has 0 aliphatic rings. The topological polar surface area (TPSA) is 42.2 Å². The fourth-order valence-corrected chi connectivity index (χ4v) is 2.35. The second-order valence-corrected chi connectivity index (χ2v) is 4.56. The lowest BCUT2D eigenvalue weighted by atomic mass is 10.3. The fourth-order valence-electron chi connectivity index (χ4n) is 2.35. The van der Waals surface area contributed by atoms with Crippen LogP contribution in [0.5, 0.6) is 0 Å². The highest BCUT2D eigenvalue weighted by Crippen LogP contribution is 2.23. The maximum atomic E-state index is 4.68. The molecule has 0 radical (unpaired) electrons. The van der Waals surface area contributed by atoms with E-state index in [1.165, 1.54) is 0 Å². The van der Waals surface area contributed by atoms with Crippen LogP contribution in [-0.4, -0.2) is 14.4 Å². The summed E-state index contributed by atoms with van der Waals surface area (Å²) in [5, 5.41) is 3.33. The van der Waals surface area contributed by atoms with Crippen molar-refractivity contribution in [3.05, 3.63) is 67.0 Å². The molecule has 2 aromatic carbocycles. The van der Waals surface area contributed by atoms with Gasteiger partial charge in [-0.15, -0.1) is 0 Å². The van der Waals surface area contributed by atoms with Gasteiger partial charge in [0.15, 0.2) is 11.5 Å². The summed E-state index contributed by atoms with van der Waals surface area (Å²) < 4.78 is 2.05. The molecule has 4 heteroatoms. The minimum Gasteiger partial charge on any atom is -0.337 e. The average molecular weight is 260 g/mol. The van der Waals surface area contributed by atoms with Crippen molar-refractivity contribution in [1.82, 2.24) is 14.4 Å². The molecular weight excluding hydrogens is 248 g/mol. The molecule has 0 atom stereocenters. The van der Waals surface area contributed by atoms with E-state index in [-0.39, 0.29) is 0 Å². The highest BCUT2D eigenvalue weighted by Gasteiger charge is 2.08. The Labute approximate surface area is 115 Å². The van der Waals surface area contributed by atoms with E-state index in [0.29, 0.717) is 0 Å². The molecule has 20 heavy (non-hydrogen) atoms. The molecule has 2 heterocycles. The van der Waals surface area contributed by atoms with Gasteiger partial charge in [0.2, 0.25) is 0 Å². The van der Waals surface area contributed by atoms with Crippen LogP contribution >= 0.6 is 0 Å². The molecule has 4 rings (SSSR count). The summed E-state index contributed by atoms with van der Waals surface area (Å²) in [6, 6.07) is 18.0. The smallest absolute Gasteiger partial charge is 0.180 e. The van der Waals surface area contributed by atoms with E-state index < -0.39 is 0 Å². The Balaban J connectivity index is 1.95. The molecule has 0 bridgehead atoms. The molecule has 4 aromatic rings. The number of hydrogen-bond donors (Lipinski definition) is 1. The van der Waals surface area contributed by atoms with Gasteiger partial charge < -0.3 is 5.32 Å². The maximum absolute atomic E-state index is 4.68. The van der Waals surface area contributed by atoms with Crippen LogP contribution in [-0.2, 0) is 0 Å². The van der Waals surface area contributed by atoms with Crippen LogP contribution in [0.15, 0.2) is 67.0 Å². The van der Waals surface area contributed by atoms with Gasteiger partial charge in [0, 0.05) is 18.1 Å². The third-order valence-electron chi connectivity index (χ3n) is 3.26. The molecule has 0 saturated carbocycles. The number of nitrogens with one attached hydrogen (secondary N) is 1. The van der Waals surface area contributed by atoms with Crippen LogP contribution in [0, 0.1) is 0 Å². The third kappa shape index (κ3) is 1.70. The van der Waals surface area contributed by atoms with Crippen LogP contribution in [0.1, 0.15) is 0 Å². The zero-order valence-electron chi connectivity index (χ0n) is 10.7. The predicted molar refractivity (Wildman–Crippen MR) is 80.2 cm³/mol. The molecular formula is C16H12N4. The van der Waals surface area contributed by atoms with Gasteiger partial charge in [0.25, 0.3) is 0 Å². The number of imidazole rings is 1. The van der Waals surface area contributed by atoms with Crippen molar-refractivity contribution in [2.75, 3.05) is 5.32 Å². The van der Waals surface area contributed by atoms with Gasteiger partial charge in [-0.25, -0.2) is 9.97 Å². The summed E-state index contributed by atoms with van der Waals surface area (Å²) >= 11 is 0. The minimum atomic E-state index is 0.764. The molecule has 0 saturated heterocycles. The van der Waals surface area contributed by atoms with Crippen molar-refractivity contribution in [1.29, 1.82) is 0 Å². The van der Waals surface area contributed by atoms with Crippen molar-refractivity contribution < 1.29 is 0 Å². The number of para-hydroxylation sites is 3. The second-order valence-electron chi connectivity index (χ2n) is 4.56. The Morgan fingerprint density at radius 1 is 0.900 bits per heavy atom. The van der Waals surface area contributed by atoms with Crippen LogP contribution in [0.3, 0.4) is 0 Å². The first-order valence-electron chi connectivity index (χ1n) is 6.46. The first-order chi connectivity index (χ1) is 9.92. The summed E-state index contributed by atoms with van der Waals surface area (Å²) in [4.78, 5) is 9.08. The Morgan fingerprint density at radius 2 is 1.70 bits per heavy atom. The Bertz CT molecular complexity index is 881. The number of benzene rings is 2. The number of anilines is 2. The van der Waals surface area contributed by atoms with Crippen LogP contribution in [0.2, 0.25) is 0 Å². The highest BCUT2D eigenvalue weighted by atomic mass is 15.1. The van der Waals surface area contributed by atoms with E-state index >= 15 is 0 Å². The van der Waals surface area contributed by atoms with Crippen molar-refractivity contribution in [3.63, 3.8) is 0 Å². The van der Waals surface area contributed by atoms with E-state index in [4.69, 9.17) is 0 Å². The van der Waals surface area contributed by atoms with Gasteiger partial charge in [-0.3, -0.25) is 4.40 Å². The van der Waals surface area contributed by atoms with Crippen molar-refractivity contribution >= 4 is 28.2 Å². The van der Waals surface area contributed by atoms with E-state index in [1.54, 1.807) is 6.20 Å². The maximum Gasteiger partial charge on any atom is 0.180 e. The molecule has 0 fully saturated rings. The van der Waals surface area contributed by atoms with Gasteiger partial charge >= 0.3 is 0 Å². The van der Waals surface area contributed by atoms with Crippen LogP contribution < -0.4 is 5.32 Å². The van der Waals surface area contributed by atoms with Crippen molar-refractivity contribution in [2.24, 2.45) is 0 Å². The minimum absolute atomic E-state index is 0.764. The van der Waals surface area contributed by atoms with Gasteiger partial charge in [-0.2, -0.15) is 0 Å². The van der Waals surface area contributed by atoms with Crippen molar-refractivity contribution in [3.8, 4) is 0 Å². The third-order valence-corrected chi connectivity index (χ3v) is 3.26. The van der Waals surface area contributed by atoms with Gasteiger partial charge in [-0.05, 0) is 24.3 Å². The first kappa shape index (κ1) is 11.0. The molecule has 0 unspecified atom stereocenters. The lowest BCUT2D eigenvalue weighted by Gasteiger charge is -2.09. The standard InChI is InChI=1S/C16H12N4/c1-2-6-12(7-3-1)18-15-16-17-10-11-20(16)14-9-5-4-8-13(14)19-15/h1-11H,(H,18,19). The van der Waals surface area contributed by atoms with Crippen LogP contribution in [0.25, 0.3) is 16.7 Å². The molecule has 0 aliphatic heterocycles. The van der Waals surface area contributed by atoms with Gasteiger partial charge in [-0.1, -0.05) is 30.3 Å².